The van der Waals surface area contributed by atoms with Crippen molar-refractivity contribution in [1.82, 2.24) is 9.78 Å². The Hall–Kier alpha value is -1.81. The third-order valence-corrected chi connectivity index (χ3v) is 3.10. The van der Waals surface area contributed by atoms with E-state index < -0.39 is 6.10 Å². The zero-order chi connectivity index (χ0) is 14.5. The smallest absolute Gasteiger partial charge is 0.119 e. The minimum absolute atomic E-state index is 0.163. The van der Waals surface area contributed by atoms with Gasteiger partial charge in [-0.25, -0.2) is 0 Å². The number of rotatable bonds is 6. The number of aryl methyl sites for hydroxylation is 2. The van der Waals surface area contributed by atoms with Crippen LogP contribution in [0.5, 0.6) is 5.75 Å². The summed E-state index contributed by atoms with van der Waals surface area (Å²) < 4.78 is 7.37. The number of aliphatic hydroxyl groups is 1. The van der Waals surface area contributed by atoms with Gasteiger partial charge in [-0.3, -0.25) is 4.68 Å². The second-order valence-corrected chi connectivity index (χ2v) is 5.31. The summed E-state index contributed by atoms with van der Waals surface area (Å²) in [6.07, 6.45) is 5.04. The third kappa shape index (κ3) is 4.10. The first-order valence-corrected chi connectivity index (χ1v) is 6.97. The van der Waals surface area contributed by atoms with E-state index in [-0.39, 0.29) is 6.10 Å². The first-order valence-electron chi connectivity index (χ1n) is 6.97. The quantitative estimate of drug-likeness (QED) is 0.881. The van der Waals surface area contributed by atoms with Crippen LogP contribution in [0.3, 0.4) is 0 Å². The highest BCUT2D eigenvalue weighted by Gasteiger charge is 2.09. The van der Waals surface area contributed by atoms with Crippen LogP contribution < -0.4 is 4.74 Å². The summed E-state index contributed by atoms with van der Waals surface area (Å²) in [6.45, 7) is 3.99. The zero-order valence-corrected chi connectivity index (χ0v) is 12.3. The van der Waals surface area contributed by atoms with Crippen LogP contribution in [0.25, 0.3) is 0 Å². The molecular formula is C16H22N2O2. The Morgan fingerprint density at radius 2 is 1.95 bits per heavy atom. The average Bonchev–Trinajstić information content (AvgIpc) is 2.82. The molecule has 0 saturated carbocycles. The molecule has 0 bridgehead atoms. The van der Waals surface area contributed by atoms with Gasteiger partial charge in [0.1, 0.15) is 5.75 Å². The number of ether oxygens (including phenoxy) is 1. The lowest BCUT2D eigenvalue weighted by Crippen LogP contribution is -2.05. The van der Waals surface area contributed by atoms with Crippen molar-refractivity contribution in [3.63, 3.8) is 0 Å². The maximum absolute atomic E-state index is 10.2. The molecule has 0 aliphatic rings. The molecule has 0 spiro atoms. The molecule has 108 valence electrons. The van der Waals surface area contributed by atoms with Gasteiger partial charge in [-0.2, -0.15) is 5.10 Å². The number of aliphatic hydroxyl groups excluding tert-OH is 1. The Morgan fingerprint density at radius 3 is 2.50 bits per heavy atom. The standard InChI is InChI=1S/C16H22N2O2/c1-12(2)20-15-7-5-14(6-8-15)16(19)9-4-13-10-17-18(3)11-13/h5-8,10-12,16,19H,4,9H2,1-3H3. The van der Waals surface area contributed by atoms with Crippen molar-refractivity contribution in [2.24, 2.45) is 7.05 Å². The van der Waals surface area contributed by atoms with E-state index in [2.05, 4.69) is 5.10 Å². The number of aromatic nitrogens is 2. The summed E-state index contributed by atoms with van der Waals surface area (Å²) in [4.78, 5) is 0. The minimum atomic E-state index is -0.455. The number of hydrogen-bond donors (Lipinski definition) is 1. The lowest BCUT2D eigenvalue weighted by atomic mass is 10.0. The fourth-order valence-corrected chi connectivity index (χ4v) is 2.11. The minimum Gasteiger partial charge on any atom is -0.491 e. The molecule has 1 atom stereocenters. The molecule has 2 aromatic rings. The fraction of sp³-hybridized carbons (Fsp3) is 0.438. The lowest BCUT2D eigenvalue weighted by molar-refractivity contribution is 0.167. The lowest BCUT2D eigenvalue weighted by Gasteiger charge is -2.13. The van der Waals surface area contributed by atoms with E-state index in [0.717, 1.165) is 23.3 Å². The highest BCUT2D eigenvalue weighted by molar-refractivity contribution is 5.28. The Labute approximate surface area is 120 Å². The van der Waals surface area contributed by atoms with Crippen molar-refractivity contribution < 1.29 is 9.84 Å². The number of benzene rings is 1. The van der Waals surface area contributed by atoms with Crippen LogP contribution in [0.1, 0.15) is 37.5 Å². The van der Waals surface area contributed by atoms with Gasteiger partial charge in [0.05, 0.1) is 18.4 Å². The molecule has 0 fully saturated rings. The van der Waals surface area contributed by atoms with Crippen molar-refractivity contribution in [1.29, 1.82) is 0 Å². The van der Waals surface area contributed by atoms with E-state index in [0.29, 0.717) is 6.42 Å². The predicted octanol–water partition coefficient (Wildman–Crippen LogP) is 2.87. The summed E-state index contributed by atoms with van der Waals surface area (Å²) in [5, 5.41) is 14.3. The average molecular weight is 274 g/mol. The molecule has 0 aliphatic heterocycles. The first kappa shape index (κ1) is 14.6. The van der Waals surface area contributed by atoms with Gasteiger partial charge >= 0.3 is 0 Å². The van der Waals surface area contributed by atoms with Gasteiger partial charge in [-0.15, -0.1) is 0 Å². The SMILES string of the molecule is CC(C)Oc1ccc(C(O)CCc2cnn(C)c2)cc1. The monoisotopic (exact) mass is 274 g/mol. The van der Waals surface area contributed by atoms with Crippen LogP contribution in [-0.4, -0.2) is 21.0 Å². The Morgan fingerprint density at radius 1 is 1.25 bits per heavy atom. The maximum atomic E-state index is 10.2. The predicted molar refractivity (Wildman–Crippen MR) is 78.7 cm³/mol. The van der Waals surface area contributed by atoms with Crippen LogP contribution in [0, 0.1) is 0 Å². The van der Waals surface area contributed by atoms with Crippen molar-refractivity contribution in [3.8, 4) is 5.75 Å². The summed E-state index contributed by atoms with van der Waals surface area (Å²) in [5.74, 6) is 0.836. The molecule has 1 unspecified atom stereocenters. The molecule has 1 heterocycles. The third-order valence-electron chi connectivity index (χ3n) is 3.10. The second-order valence-electron chi connectivity index (χ2n) is 5.31. The van der Waals surface area contributed by atoms with E-state index in [9.17, 15) is 5.11 Å². The number of hydrogen-bond acceptors (Lipinski definition) is 3. The Balaban J connectivity index is 1.90. The molecule has 1 aromatic heterocycles. The molecule has 1 aromatic carbocycles. The van der Waals surface area contributed by atoms with E-state index in [1.807, 2.05) is 57.6 Å². The zero-order valence-electron chi connectivity index (χ0n) is 12.3. The highest BCUT2D eigenvalue weighted by atomic mass is 16.5. The van der Waals surface area contributed by atoms with Crippen LogP contribution in [-0.2, 0) is 13.5 Å². The summed E-state index contributed by atoms with van der Waals surface area (Å²) in [6, 6.07) is 7.66. The molecule has 4 nitrogen and oxygen atoms in total. The van der Waals surface area contributed by atoms with Gasteiger partial charge in [0.2, 0.25) is 0 Å². The first-order chi connectivity index (χ1) is 9.54. The van der Waals surface area contributed by atoms with Crippen LogP contribution in [0.2, 0.25) is 0 Å². The molecule has 2 rings (SSSR count). The topological polar surface area (TPSA) is 47.3 Å². The molecule has 20 heavy (non-hydrogen) atoms. The normalized spacial score (nSPS) is 12.7. The maximum Gasteiger partial charge on any atom is 0.119 e. The Kier molecular flexibility index (Phi) is 4.79. The van der Waals surface area contributed by atoms with Crippen molar-refractivity contribution in [2.45, 2.75) is 38.9 Å². The van der Waals surface area contributed by atoms with Gasteiger partial charge in [0.25, 0.3) is 0 Å². The van der Waals surface area contributed by atoms with Crippen LogP contribution in [0.15, 0.2) is 36.7 Å². The Bertz CT molecular complexity index is 532. The van der Waals surface area contributed by atoms with Gasteiger partial charge in [-0.05, 0) is 49.9 Å². The van der Waals surface area contributed by atoms with Crippen molar-refractivity contribution >= 4 is 0 Å². The largest absolute Gasteiger partial charge is 0.491 e. The molecule has 0 saturated heterocycles. The van der Waals surface area contributed by atoms with Gasteiger partial charge < -0.3 is 9.84 Å². The highest BCUT2D eigenvalue weighted by Crippen LogP contribution is 2.22. The summed E-state index contributed by atoms with van der Waals surface area (Å²) in [7, 11) is 1.90. The summed E-state index contributed by atoms with van der Waals surface area (Å²) >= 11 is 0. The van der Waals surface area contributed by atoms with E-state index >= 15 is 0 Å². The molecule has 4 heteroatoms. The van der Waals surface area contributed by atoms with E-state index in [1.165, 1.54) is 0 Å². The molecule has 0 amide bonds. The molecular weight excluding hydrogens is 252 g/mol. The molecule has 0 radical (unpaired) electrons. The summed E-state index contributed by atoms with van der Waals surface area (Å²) in [5.41, 5.74) is 2.07. The van der Waals surface area contributed by atoms with Crippen molar-refractivity contribution in [3.05, 3.63) is 47.8 Å². The molecule has 0 aliphatic carbocycles. The van der Waals surface area contributed by atoms with Gasteiger partial charge in [0, 0.05) is 13.2 Å². The van der Waals surface area contributed by atoms with Crippen molar-refractivity contribution in [2.75, 3.05) is 0 Å². The number of nitrogens with zero attached hydrogens (tertiary/aromatic N) is 2. The fourth-order valence-electron chi connectivity index (χ4n) is 2.11. The van der Waals surface area contributed by atoms with Gasteiger partial charge in [-0.1, -0.05) is 12.1 Å². The van der Waals surface area contributed by atoms with E-state index in [4.69, 9.17) is 4.74 Å². The van der Waals surface area contributed by atoms with Gasteiger partial charge in [0.15, 0.2) is 0 Å². The van der Waals surface area contributed by atoms with Crippen LogP contribution in [0.4, 0.5) is 0 Å². The molecule has 1 N–H and O–H groups in total. The second kappa shape index (κ2) is 6.57. The van der Waals surface area contributed by atoms with Crippen LogP contribution >= 0.6 is 0 Å². The van der Waals surface area contributed by atoms with E-state index in [1.54, 1.807) is 4.68 Å².